The van der Waals surface area contributed by atoms with E-state index in [1.165, 1.54) is 6.07 Å². The van der Waals surface area contributed by atoms with Crippen molar-refractivity contribution in [2.24, 2.45) is 5.73 Å². The molecule has 31 heavy (non-hydrogen) atoms. The number of nitrogens with zero attached hydrogens (tertiary/aromatic N) is 1. The van der Waals surface area contributed by atoms with Crippen LogP contribution in [0, 0.1) is 5.82 Å². The van der Waals surface area contributed by atoms with Crippen LogP contribution in [0.25, 0.3) is 10.8 Å². The number of rotatable bonds is 4. The topological polar surface area (TPSA) is 91.2 Å². The maximum absolute atomic E-state index is 14.5. The molecule has 9 heteroatoms. The van der Waals surface area contributed by atoms with Gasteiger partial charge in [-0.3, -0.25) is 9.59 Å². The molecule has 4 rings (SSSR count). The van der Waals surface area contributed by atoms with E-state index in [1.807, 2.05) is 13.0 Å². The number of aromatic nitrogens is 1. The molecule has 1 aliphatic rings. The van der Waals surface area contributed by atoms with Crippen molar-refractivity contribution in [2.75, 3.05) is 18.4 Å². The van der Waals surface area contributed by atoms with Gasteiger partial charge < -0.3 is 20.9 Å². The summed E-state index contributed by atoms with van der Waals surface area (Å²) in [6.45, 7) is 2.49. The lowest BCUT2D eigenvalue weighted by molar-refractivity contribution is -0.131. The number of hydrogen-bond acceptors (Lipinski definition) is 4. The minimum Gasteiger partial charge on any atom is -0.374 e. The molecule has 2 heterocycles. The zero-order valence-corrected chi connectivity index (χ0v) is 18.3. The zero-order valence-electron chi connectivity index (χ0n) is 16.8. The highest BCUT2D eigenvalue weighted by Crippen LogP contribution is 2.37. The Hall–Kier alpha value is -2.61. The number of fused-ring (bicyclic) bond motifs is 2. The Kier molecular flexibility index (Phi) is 5.92. The molecule has 1 aliphatic heterocycles. The van der Waals surface area contributed by atoms with Crippen molar-refractivity contribution in [1.82, 2.24) is 9.88 Å². The molecule has 0 fully saturated rings. The Bertz CT molecular complexity index is 1240. The van der Waals surface area contributed by atoms with Gasteiger partial charge in [0.1, 0.15) is 5.82 Å². The highest BCUT2D eigenvalue weighted by atomic mass is 35.5. The number of benzene rings is 2. The average Bonchev–Trinajstić information content (AvgIpc) is 2.72. The maximum atomic E-state index is 14.5. The summed E-state index contributed by atoms with van der Waals surface area (Å²) in [6.07, 6.45) is 0.640. The van der Waals surface area contributed by atoms with Crippen molar-refractivity contribution >= 4 is 45.6 Å². The molecule has 1 aromatic heterocycles. The molecular formula is C22H21Cl2FN4O2. The SMILES string of the molecule is CC1c2c(Cl)cc(Cl)cc2CCN1C(=O)CNc1cc2cc(CN)[nH]c(=O)c2cc1F. The largest absolute Gasteiger partial charge is 0.374 e. The number of amides is 1. The first kappa shape index (κ1) is 21.6. The Labute approximate surface area is 188 Å². The number of hydrogen-bond donors (Lipinski definition) is 3. The molecule has 162 valence electrons. The van der Waals surface area contributed by atoms with Gasteiger partial charge in [0.15, 0.2) is 0 Å². The lowest BCUT2D eigenvalue weighted by atomic mass is 9.93. The quantitative estimate of drug-likeness (QED) is 0.546. The minimum atomic E-state index is -0.610. The van der Waals surface area contributed by atoms with E-state index in [0.29, 0.717) is 34.1 Å². The Morgan fingerprint density at radius 1 is 1.29 bits per heavy atom. The number of anilines is 1. The van der Waals surface area contributed by atoms with Crippen molar-refractivity contribution in [3.63, 3.8) is 0 Å². The first-order valence-corrected chi connectivity index (χ1v) is 10.6. The van der Waals surface area contributed by atoms with Gasteiger partial charge in [-0.25, -0.2) is 4.39 Å². The van der Waals surface area contributed by atoms with Crippen LogP contribution >= 0.6 is 23.2 Å². The fourth-order valence-electron chi connectivity index (χ4n) is 4.10. The summed E-state index contributed by atoms with van der Waals surface area (Å²) in [6, 6.07) is 7.69. The number of nitrogens with one attached hydrogen (secondary N) is 2. The van der Waals surface area contributed by atoms with Crippen LogP contribution < -0.4 is 16.6 Å². The third-order valence-corrected chi connectivity index (χ3v) is 6.18. The Morgan fingerprint density at radius 2 is 2.06 bits per heavy atom. The molecule has 0 saturated carbocycles. The van der Waals surface area contributed by atoms with Crippen molar-refractivity contribution in [3.05, 3.63) is 73.4 Å². The monoisotopic (exact) mass is 462 g/mol. The second-order valence-electron chi connectivity index (χ2n) is 7.57. The van der Waals surface area contributed by atoms with E-state index in [-0.39, 0.29) is 36.1 Å². The van der Waals surface area contributed by atoms with Crippen LogP contribution in [-0.2, 0) is 17.8 Å². The predicted molar refractivity (Wildman–Crippen MR) is 121 cm³/mol. The second-order valence-corrected chi connectivity index (χ2v) is 8.42. The first-order valence-electron chi connectivity index (χ1n) is 9.85. The van der Waals surface area contributed by atoms with E-state index in [4.69, 9.17) is 28.9 Å². The van der Waals surface area contributed by atoms with E-state index in [1.54, 1.807) is 17.0 Å². The molecule has 0 bridgehead atoms. The smallest absolute Gasteiger partial charge is 0.256 e. The number of aromatic amines is 1. The van der Waals surface area contributed by atoms with E-state index in [9.17, 15) is 14.0 Å². The number of halogens is 3. The standard InChI is InChI=1S/C22H21Cl2FN4O2/c1-11-21-12(4-14(23)7-17(21)24)2-3-29(11)20(30)10-27-19-6-13-5-15(9-26)28-22(31)16(13)8-18(19)25/h4-8,11,27H,2-3,9-10,26H2,1H3,(H,28,31). The van der Waals surface area contributed by atoms with E-state index < -0.39 is 11.4 Å². The lowest BCUT2D eigenvalue weighted by Gasteiger charge is -2.36. The van der Waals surface area contributed by atoms with Crippen molar-refractivity contribution in [2.45, 2.75) is 25.9 Å². The molecule has 1 amide bonds. The van der Waals surface area contributed by atoms with Gasteiger partial charge in [-0.1, -0.05) is 23.2 Å². The highest BCUT2D eigenvalue weighted by molar-refractivity contribution is 6.35. The highest BCUT2D eigenvalue weighted by Gasteiger charge is 2.29. The van der Waals surface area contributed by atoms with Gasteiger partial charge in [-0.05, 0) is 60.2 Å². The molecule has 0 radical (unpaired) electrons. The van der Waals surface area contributed by atoms with Crippen molar-refractivity contribution < 1.29 is 9.18 Å². The average molecular weight is 463 g/mol. The fraction of sp³-hybridized carbons (Fsp3) is 0.273. The first-order chi connectivity index (χ1) is 14.8. The number of nitrogens with two attached hydrogens (primary N) is 1. The van der Waals surface area contributed by atoms with E-state index in [0.717, 1.165) is 17.2 Å². The molecular weight excluding hydrogens is 442 g/mol. The van der Waals surface area contributed by atoms with Gasteiger partial charge in [0.2, 0.25) is 5.91 Å². The molecule has 6 nitrogen and oxygen atoms in total. The van der Waals surface area contributed by atoms with Crippen LogP contribution in [0.15, 0.2) is 35.1 Å². The molecule has 0 spiro atoms. The fourth-order valence-corrected chi connectivity index (χ4v) is 4.80. The third-order valence-electron chi connectivity index (χ3n) is 5.65. The van der Waals surface area contributed by atoms with Crippen LogP contribution in [-0.4, -0.2) is 28.9 Å². The number of pyridine rings is 1. The van der Waals surface area contributed by atoms with Crippen molar-refractivity contribution in [1.29, 1.82) is 0 Å². The van der Waals surface area contributed by atoms with Crippen LogP contribution in [0.5, 0.6) is 0 Å². The van der Waals surface area contributed by atoms with Gasteiger partial charge in [-0.15, -0.1) is 0 Å². The molecule has 4 N–H and O–H groups in total. The minimum absolute atomic E-state index is 0.0970. The molecule has 3 aromatic rings. The van der Waals surface area contributed by atoms with Gasteiger partial charge in [-0.2, -0.15) is 0 Å². The van der Waals surface area contributed by atoms with Gasteiger partial charge in [0, 0.05) is 28.8 Å². The molecule has 1 unspecified atom stereocenters. The summed E-state index contributed by atoms with van der Waals surface area (Å²) in [5.74, 6) is -0.793. The van der Waals surface area contributed by atoms with Crippen LogP contribution in [0.4, 0.5) is 10.1 Å². The number of carbonyl (C=O) groups excluding carboxylic acids is 1. The van der Waals surface area contributed by atoms with Gasteiger partial charge >= 0.3 is 0 Å². The van der Waals surface area contributed by atoms with Crippen LogP contribution in [0.3, 0.4) is 0 Å². The van der Waals surface area contributed by atoms with E-state index in [2.05, 4.69) is 10.3 Å². The van der Waals surface area contributed by atoms with Crippen LogP contribution in [0.1, 0.15) is 29.8 Å². The second kappa shape index (κ2) is 8.49. The predicted octanol–water partition coefficient (Wildman–Crippen LogP) is 3.99. The Balaban J connectivity index is 1.54. The summed E-state index contributed by atoms with van der Waals surface area (Å²) in [5.41, 5.74) is 7.80. The molecule has 0 saturated heterocycles. The molecule has 2 aromatic carbocycles. The van der Waals surface area contributed by atoms with Crippen LogP contribution in [0.2, 0.25) is 10.0 Å². The molecule has 0 aliphatic carbocycles. The normalized spacial score (nSPS) is 15.8. The number of H-pyrrole nitrogens is 1. The van der Waals surface area contributed by atoms with Crippen molar-refractivity contribution in [3.8, 4) is 0 Å². The summed E-state index contributed by atoms with van der Waals surface area (Å²) in [7, 11) is 0. The molecule has 1 atom stereocenters. The summed E-state index contributed by atoms with van der Waals surface area (Å²) >= 11 is 12.5. The van der Waals surface area contributed by atoms with Gasteiger partial charge in [0.05, 0.1) is 23.7 Å². The summed E-state index contributed by atoms with van der Waals surface area (Å²) in [4.78, 5) is 29.3. The van der Waals surface area contributed by atoms with Gasteiger partial charge in [0.25, 0.3) is 5.56 Å². The number of carbonyl (C=O) groups is 1. The summed E-state index contributed by atoms with van der Waals surface area (Å²) < 4.78 is 14.5. The maximum Gasteiger partial charge on any atom is 0.256 e. The third kappa shape index (κ3) is 4.13. The van der Waals surface area contributed by atoms with E-state index >= 15 is 0 Å². The summed E-state index contributed by atoms with van der Waals surface area (Å²) in [5, 5.41) is 4.73. The Morgan fingerprint density at radius 3 is 2.81 bits per heavy atom. The lowest BCUT2D eigenvalue weighted by Crippen LogP contribution is -2.42. The zero-order chi connectivity index (χ0) is 22.3.